The monoisotopic (exact) mass is 221 g/mol. The van der Waals surface area contributed by atoms with Crippen LogP contribution in [0, 0.1) is 0 Å². The Balaban J connectivity index is 1.89. The molecule has 16 heavy (non-hydrogen) atoms. The molecule has 0 radical (unpaired) electrons. The van der Waals surface area contributed by atoms with Gasteiger partial charge in [-0.05, 0) is 42.3 Å². The highest BCUT2D eigenvalue weighted by atomic mass is 15.6. The molecule has 2 aromatic heterocycles. The molecule has 2 aromatic rings. The standard InChI is InChI=1S/C9H15N7/c1-7(10)3-2-6-11-8-4-5-9-12-14-15-16(9)13-8/h4-5,7H,2-3,6,10H2,1H3,(H,11,13). The molecule has 0 spiro atoms. The average molecular weight is 221 g/mol. The molecule has 1 atom stereocenters. The minimum Gasteiger partial charge on any atom is -0.369 e. The van der Waals surface area contributed by atoms with Crippen LogP contribution in [-0.4, -0.2) is 37.8 Å². The molecule has 1 unspecified atom stereocenters. The maximum Gasteiger partial charge on any atom is 0.200 e. The van der Waals surface area contributed by atoms with E-state index in [1.807, 2.05) is 19.1 Å². The van der Waals surface area contributed by atoms with E-state index in [1.165, 1.54) is 4.63 Å². The SMILES string of the molecule is CC(N)CCCNc1ccc2nnnn2n1. The molecule has 0 saturated carbocycles. The second-order valence-electron chi connectivity index (χ2n) is 3.79. The van der Waals surface area contributed by atoms with Crippen LogP contribution in [0.1, 0.15) is 19.8 Å². The quantitative estimate of drug-likeness (QED) is 0.693. The van der Waals surface area contributed by atoms with Crippen molar-refractivity contribution >= 4 is 11.5 Å². The molecule has 0 saturated heterocycles. The highest BCUT2D eigenvalue weighted by molar-refractivity contribution is 5.41. The number of nitrogens with one attached hydrogen (secondary N) is 1. The van der Waals surface area contributed by atoms with Gasteiger partial charge in [-0.15, -0.1) is 14.8 Å². The Labute approximate surface area is 93.0 Å². The average Bonchev–Trinajstić information content (AvgIpc) is 2.71. The second kappa shape index (κ2) is 4.84. The third kappa shape index (κ3) is 2.63. The minimum atomic E-state index is 0.247. The number of tetrazole rings is 1. The molecule has 3 N–H and O–H groups in total. The van der Waals surface area contributed by atoms with Crippen molar-refractivity contribution in [3.63, 3.8) is 0 Å². The lowest BCUT2D eigenvalue weighted by atomic mass is 10.2. The molecular formula is C9H15N7. The third-order valence-electron chi connectivity index (χ3n) is 2.21. The molecular weight excluding hydrogens is 206 g/mol. The maximum absolute atomic E-state index is 5.66. The first-order valence-electron chi connectivity index (χ1n) is 5.30. The normalized spacial score (nSPS) is 12.9. The molecule has 0 amide bonds. The van der Waals surface area contributed by atoms with Gasteiger partial charge in [0.2, 0.25) is 0 Å². The number of rotatable bonds is 5. The summed E-state index contributed by atoms with van der Waals surface area (Å²) < 4.78 is 1.40. The number of anilines is 1. The summed E-state index contributed by atoms with van der Waals surface area (Å²) in [4.78, 5) is 0. The van der Waals surface area contributed by atoms with Gasteiger partial charge >= 0.3 is 0 Å². The predicted molar refractivity (Wildman–Crippen MR) is 60.0 cm³/mol. The molecule has 0 bridgehead atoms. The van der Waals surface area contributed by atoms with Crippen LogP contribution in [0.5, 0.6) is 0 Å². The van der Waals surface area contributed by atoms with Gasteiger partial charge in [-0.25, -0.2) is 0 Å². The van der Waals surface area contributed by atoms with Crippen molar-refractivity contribution in [2.45, 2.75) is 25.8 Å². The highest BCUT2D eigenvalue weighted by Gasteiger charge is 2.00. The summed E-state index contributed by atoms with van der Waals surface area (Å²) in [7, 11) is 0. The first kappa shape index (κ1) is 10.7. The van der Waals surface area contributed by atoms with Crippen LogP contribution in [-0.2, 0) is 0 Å². The zero-order chi connectivity index (χ0) is 11.4. The Morgan fingerprint density at radius 2 is 2.38 bits per heavy atom. The zero-order valence-electron chi connectivity index (χ0n) is 9.17. The van der Waals surface area contributed by atoms with Crippen molar-refractivity contribution in [1.82, 2.24) is 25.3 Å². The summed E-state index contributed by atoms with van der Waals surface area (Å²) in [5, 5.41) is 18.4. The van der Waals surface area contributed by atoms with E-state index in [1.54, 1.807) is 0 Å². The Kier molecular flexibility index (Phi) is 3.25. The molecule has 7 nitrogen and oxygen atoms in total. The van der Waals surface area contributed by atoms with Gasteiger partial charge in [0.25, 0.3) is 0 Å². The van der Waals surface area contributed by atoms with Crippen molar-refractivity contribution in [2.24, 2.45) is 5.73 Å². The maximum atomic E-state index is 5.66. The van der Waals surface area contributed by atoms with Crippen molar-refractivity contribution in [3.05, 3.63) is 12.1 Å². The molecule has 2 rings (SSSR count). The molecule has 0 aromatic carbocycles. The van der Waals surface area contributed by atoms with E-state index in [0.29, 0.717) is 5.65 Å². The van der Waals surface area contributed by atoms with E-state index in [0.717, 1.165) is 25.2 Å². The van der Waals surface area contributed by atoms with E-state index in [9.17, 15) is 0 Å². The van der Waals surface area contributed by atoms with E-state index in [2.05, 4.69) is 25.9 Å². The van der Waals surface area contributed by atoms with Gasteiger partial charge in [-0.2, -0.15) is 0 Å². The van der Waals surface area contributed by atoms with Gasteiger partial charge < -0.3 is 11.1 Å². The Bertz CT molecular complexity index is 450. The van der Waals surface area contributed by atoms with Crippen LogP contribution in [0.4, 0.5) is 5.82 Å². The lowest BCUT2D eigenvalue weighted by Gasteiger charge is -2.06. The van der Waals surface area contributed by atoms with Crippen molar-refractivity contribution in [1.29, 1.82) is 0 Å². The number of hydrogen-bond acceptors (Lipinski definition) is 6. The van der Waals surface area contributed by atoms with Crippen molar-refractivity contribution in [2.75, 3.05) is 11.9 Å². The Hall–Kier alpha value is -1.76. The molecule has 86 valence electrons. The predicted octanol–water partition coefficient (Wildman–Crippen LogP) is 0.0586. The van der Waals surface area contributed by atoms with Gasteiger partial charge in [0.05, 0.1) is 0 Å². The summed E-state index contributed by atoms with van der Waals surface area (Å²) in [6.45, 7) is 2.85. The van der Waals surface area contributed by atoms with E-state index >= 15 is 0 Å². The number of nitrogens with two attached hydrogens (primary N) is 1. The Morgan fingerprint density at radius 1 is 1.50 bits per heavy atom. The van der Waals surface area contributed by atoms with E-state index in [-0.39, 0.29) is 6.04 Å². The number of aromatic nitrogens is 5. The van der Waals surface area contributed by atoms with Crippen LogP contribution in [0.3, 0.4) is 0 Å². The summed E-state index contributed by atoms with van der Waals surface area (Å²) in [5.74, 6) is 0.768. The topological polar surface area (TPSA) is 94.0 Å². The van der Waals surface area contributed by atoms with Gasteiger partial charge in [-0.1, -0.05) is 0 Å². The fourth-order valence-electron chi connectivity index (χ4n) is 1.38. The van der Waals surface area contributed by atoms with Crippen LogP contribution in [0.2, 0.25) is 0 Å². The van der Waals surface area contributed by atoms with Crippen LogP contribution in [0.25, 0.3) is 5.65 Å². The summed E-state index contributed by atoms with van der Waals surface area (Å²) in [5.41, 5.74) is 6.30. The molecule has 0 aliphatic heterocycles. The summed E-state index contributed by atoms with van der Waals surface area (Å²) >= 11 is 0. The first-order chi connectivity index (χ1) is 7.75. The van der Waals surface area contributed by atoms with Crippen molar-refractivity contribution < 1.29 is 0 Å². The van der Waals surface area contributed by atoms with Crippen LogP contribution >= 0.6 is 0 Å². The number of nitrogens with zero attached hydrogens (tertiary/aromatic N) is 5. The first-order valence-corrected chi connectivity index (χ1v) is 5.30. The minimum absolute atomic E-state index is 0.247. The summed E-state index contributed by atoms with van der Waals surface area (Å²) in [6.07, 6.45) is 2.02. The fraction of sp³-hybridized carbons (Fsp3) is 0.556. The molecule has 0 aliphatic rings. The lowest BCUT2D eigenvalue weighted by Crippen LogP contribution is -2.16. The zero-order valence-corrected chi connectivity index (χ0v) is 9.17. The molecule has 0 fully saturated rings. The molecule has 2 heterocycles. The fourth-order valence-corrected chi connectivity index (χ4v) is 1.38. The Morgan fingerprint density at radius 3 is 3.19 bits per heavy atom. The lowest BCUT2D eigenvalue weighted by molar-refractivity contribution is 0.637. The second-order valence-corrected chi connectivity index (χ2v) is 3.79. The smallest absolute Gasteiger partial charge is 0.200 e. The van der Waals surface area contributed by atoms with Gasteiger partial charge in [0.15, 0.2) is 5.65 Å². The van der Waals surface area contributed by atoms with E-state index in [4.69, 9.17) is 5.73 Å². The molecule has 7 heteroatoms. The van der Waals surface area contributed by atoms with Crippen LogP contribution < -0.4 is 11.1 Å². The van der Waals surface area contributed by atoms with E-state index < -0.39 is 0 Å². The number of hydrogen-bond donors (Lipinski definition) is 2. The molecule has 0 aliphatic carbocycles. The highest BCUT2D eigenvalue weighted by Crippen LogP contribution is 2.03. The van der Waals surface area contributed by atoms with Crippen molar-refractivity contribution in [3.8, 4) is 0 Å². The van der Waals surface area contributed by atoms with Crippen LogP contribution in [0.15, 0.2) is 12.1 Å². The number of fused-ring (bicyclic) bond motifs is 1. The summed E-state index contributed by atoms with van der Waals surface area (Å²) in [6, 6.07) is 3.93. The largest absolute Gasteiger partial charge is 0.369 e. The van der Waals surface area contributed by atoms with Gasteiger partial charge in [0.1, 0.15) is 5.82 Å². The van der Waals surface area contributed by atoms with Gasteiger partial charge in [-0.3, -0.25) is 0 Å². The third-order valence-corrected chi connectivity index (χ3v) is 2.21. The van der Waals surface area contributed by atoms with Gasteiger partial charge in [0, 0.05) is 12.6 Å².